The number of hydrogen-bond donors (Lipinski definition) is 0. The molecule has 0 saturated carbocycles. The summed E-state index contributed by atoms with van der Waals surface area (Å²) in [6, 6.07) is 41.6. The second-order valence-electron chi connectivity index (χ2n) is 13.8. The van der Waals surface area contributed by atoms with Crippen molar-refractivity contribution in [3.05, 3.63) is 137 Å². The minimum atomic E-state index is 0.246. The summed E-state index contributed by atoms with van der Waals surface area (Å²) in [7, 11) is 0. The maximum Gasteiger partial charge on any atom is 0.0743 e. The molecule has 1 aromatic heterocycles. The number of aromatic nitrogens is 2. The van der Waals surface area contributed by atoms with Gasteiger partial charge in [0.25, 0.3) is 0 Å². The molecule has 1 atom stereocenters. The van der Waals surface area contributed by atoms with E-state index in [4.69, 9.17) is 16.7 Å². The molecule has 0 amide bonds. The smallest absolute Gasteiger partial charge is 0.0743 e. The molecule has 0 radical (unpaired) electrons. The Balaban J connectivity index is 0.965. The lowest BCUT2D eigenvalue weighted by molar-refractivity contribution is 0.0999. The van der Waals surface area contributed by atoms with E-state index in [-0.39, 0.29) is 6.04 Å². The van der Waals surface area contributed by atoms with Gasteiger partial charge in [-0.15, -0.1) is 0 Å². The first kappa shape index (κ1) is 34.5. The number of halogens is 1. The van der Waals surface area contributed by atoms with Crippen molar-refractivity contribution < 1.29 is 0 Å². The predicted molar refractivity (Wildman–Crippen MR) is 209 cm³/mol. The Morgan fingerprint density at radius 3 is 2.02 bits per heavy atom. The van der Waals surface area contributed by atoms with Gasteiger partial charge in [0, 0.05) is 81.6 Å². The summed E-state index contributed by atoms with van der Waals surface area (Å²) in [5.74, 6) is 0. The summed E-state index contributed by atoms with van der Waals surface area (Å²) >= 11 is 6.25. The Morgan fingerprint density at radius 2 is 1.34 bits per heavy atom. The molecule has 0 spiro atoms. The average Bonchev–Trinajstić information content (AvgIpc) is 3.62. The van der Waals surface area contributed by atoms with Crippen LogP contribution in [0.3, 0.4) is 0 Å². The number of nitrogens with zero attached hydrogens (tertiary/aromatic N) is 6. The van der Waals surface area contributed by atoms with Gasteiger partial charge in [-0.05, 0) is 79.4 Å². The molecular weight excluding hydrogens is 636 g/mol. The van der Waals surface area contributed by atoms with E-state index in [1.807, 2.05) is 12.1 Å². The normalized spacial score (nSPS) is 16.6. The number of hydrogen-bond acceptors (Lipinski definition) is 5. The maximum atomic E-state index is 6.25. The topological polar surface area (TPSA) is 30.8 Å². The molecule has 0 aliphatic carbocycles. The number of piperazine rings is 1. The van der Waals surface area contributed by atoms with E-state index < -0.39 is 0 Å². The fraction of sp³-hybridized carbons (Fsp3) is 0.372. The molecule has 2 fully saturated rings. The van der Waals surface area contributed by atoms with Gasteiger partial charge in [-0.1, -0.05) is 91.3 Å². The Hall–Kier alpha value is -3.94. The highest BCUT2D eigenvalue weighted by molar-refractivity contribution is 6.30. The van der Waals surface area contributed by atoms with Crippen molar-refractivity contribution in [2.45, 2.75) is 38.6 Å². The van der Waals surface area contributed by atoms with Gasteiger partial charge in [0.1, 0.15) is 0 Å². The van der Waals surface area contributed by atoms with Crippen LogP contribution in [-0.4, -0.2) is 89.9 Å². The molecule has 2 aliphatic heterocycles. The molecule has 0 bridgehead atoms. The van der Waals surface area contributed by atoms with Gasteiger partial charge in [-0.3, -0.25) is 9.80 Å². The number of rotatable bonds is 13. The summed E-state index contributed by atoms with van der Waals surface area (Å²) in [6.07, 6.45) is 4.86. The van der Waals surface area contributed by atoms with Crippen LogP contribution >= 0.6 is 11.6 Å². The summed E-state index contributed by atoms with van der Waals surface area (Å²) in [4.78, 5) is 10.4. The number of piperidine rings is 1. The molecule has 260 valence electrons. The van der Waals surface area contributed by atoms with E-state index in [0.717, 1.165) is 94.0 Å². The third kappa shape index (κ3) is 8.50. The molecule has 1 unspecified atom stereocenters. The van der Waals surface area contributed by atoms with Crippen LogP contribution in [-0.2, 0) is 6.42 Å². The average molecular weight is 687 g/mol. The van der Waals surface area contributed by atoms with Crippen molar-refractivity contribution in [3.63, 3.8) is 0 Å². The molecule has 0 N–H and O–H groups in total. The van der Waals surface area contributed by atoms with Crippen LogP contribution in [0.15, 0.2) is 115 Å². The Morgan fingerprint density at radius 1 is 0.680 bits per heavy atom. The fourth-order valence-electron chi connectivity index (χ4n) is 7.64. The quantitative estimate of drug-likeness (QED) is 0.124. The van der Waals surface area contributed by atoms with Crippen molar-refractivity contribution in [1.82, 2.24) is 24.5 Å². The highest BCUT2D eigenvalue weighted by Gasteiger charge is 2.26. The summed E-state index contributed by atoms with van der Waals surface area (Å²) in [6.45, 7) is 13.1. The Bertz CT molecular complexity index is 1740. The van der Waals surface area contributed by atoms with E-state index in [0.29, 0.717) is 0 Å². The number of likely N-dealkylation sites (N-methyl/N-ethyl adjacent to an activating group) is 1. The molecule has 2 aliphatic rings. The van der Waals surface area contributed by atoms with Crippen LogP contribution in [0.4, 0.5) is 5.69 Å². The van der Waals surface area contributed by atoms with E-state index in [1.54, 1.807) is 0 Å². The number of benzene rings is 4. The fourth-order valence-corrected chi connectivity index (χ4v) is 7.77. The first-order valence-electron chi connectivity index (χ1n) is 18.6. The van der Waals surface area contributed by atoms with Gasteiger partial charge in [-0.25, -0.2) is 4.68 Å². The monoisotopic (exact) mass is 686 g/mol. The molecule has 4 aromatic carbocycles. The van der Waals surface area contributed by atoms with E-state index >= 15 is 0 Å². The van der Waals surface area contributed by atoms with Gasteiger partial charge < -0.3 is 9.80 Å². The van der Waals surface area contributed by atoms with Gasteiger partial charge in [-0.2, -0.15) is 5.10 Å². The lowest BCUT2D eigenvalue weighted by Crippen LogP contribution is -2.49. The van der Waals surface area contributed by atoms with E-state index in [2.05, 4.69) is 134 Å². The van der Waals surface area contributed by atoms with Crippen molar-refractivity contribution in [3.8, 4) is 16.9 Å². The molecule has 2 saturated heterocycles. The van der Waals surface area contributed by atoms with E-state index in [9.17, 15) is 0 Å². The van der Waals surface area contributed by atoms with Crippen LogP contribution < -0.4 is 4.90 Å². The van der Waals surface area contributed by atoms with Gasteiger partial charge in [0.2, 0.25) is 0 Å². The van der Waals surface area contributed by atoms with Gasteiger partial charge in [0.15, 0.2) is 0 Å². The zero-order chi connectivity index (χ0) is 34.1. The molecule has 5 aromatic rings. The highest BCUT2D eigenvalue weighted by Crippen LogP contribution is 2.31. The van der Waals surface area contributed by atoms with Crippen molar-refractivity contribution >= 4 is 17.3 Å². The predicted octanol–water partition coefficient (Wildman–Crippen LogP) is 8.45. The minimum Gasteiger partial charge on any atom is -0.372 e. The standard InChI is InChI=1S/C43H51ClN6/c1-2-46(28-29-47-30-32-49(33-31-47)43(36-12-6-3-7-13-36)37-16-20-38(44)21-17-37)27-24-39-34-42(50(45-39)41-14-8-4-9-15-41)35-18-22-40(23-19-35)48-25-10-5-11-26-48/h3-4,6-9,12-23,34,43H,2,5,10-11,24-33H2,1H3. The number of para-hydroxylation sites is 1. The zero-order valence-electron chi connectivity index (χ0n) is 29.5. The van der Waals surface area contributed by atoms with Crippen molar-refractivity contribution in [2.24, 2.45) is 0 Å². The first-order chi connectivity index (χ1) is 24.6. The third-order valence-electron chi connectivity index (χ3n) is 10.6. The van der Waals surface area contributed by atoms with Crippen LogP contribution in [0.2, 0.25) is 5.02 Å². The molecule has 50 heavy (non-hydrogen) atoms. The van der Waals surface area contributed by atoms with Crippen molar-refractivity contribution in [2.75, 3.05) is 70.3 Å². The Labute approximate surface area is 303 Å². The van der Waals surface area contributed by atoms with Gasteiger partial charge in [0.05, 0.1) is 23.1 Å². The summed E-state index contributed by atoms with van der Waals surface area (Å²) in [5.41, 5.74) is 8.59. The SMILES string of the molecule is CCN(CCc1cc(-c2ccc(N3CCCCC3)cc2)n(-c2ccccc2)n1)CCN1CCN(C(c2ccccc2)c2ccc(Cl)cc2)CC1. The summed E-state index contributed by atoms with van der Waals surface area (Å²) in [5, 5.41) is 5.95. The Kier molecular flexibility index (Phi) is 11.6. The van der Waals surface area contributed by atoms with Crippen LogP contribution in [0.1, 0.15) is 49.0 Å². The van der Waals surface area contributed by atoms with E-state index in [1.165, 1.54) is 41.6 Å². The largest absolute Gasteiger partial charge is 0.372 e. The van der Waals surface area contributed by atoms with Crippen LogP contribution in [0.25, 0.3) is 16.9 Å². The molecular formula is C43H51ClN6. The second-order valence-corrected chi connectivity index (χ2v) is 14.2. The molecule has 7 heteroatoms. The highest BCUT2D eigenvalue weighted by atomic mass is 35.5. The van der Waals surface area contributed by atoms with Crippen molar-refractivity contribution in [1.29, 1.82) is 0 Å². The molecule has 6 nitrogen and oxygen atoms in total. The zero-order valence-corrected chi connectivity index (χ0v) is 30.3. The van der Waals surface area contributed by atoms with Crippen LogP contribution in [0.5, 0.6) is 0 Å². The lowest BCUT2D eigenvalue weighted by Gasteiger charge is -2.40. The van der Waals surface area contributed by atoms with Gasteiger partial charge >= 0.3 is 0 Å². The maximum absolute atomic E-state index is 6.25. The molecule has 3 heterocycles. The third-order valence-corrected chi connectivity index (χ3v) is 10.8. The van der Waals surface area contributed by atoms with Crippen LogP contribution in [0, 0.1) is 0 Å². The molecule has 7 rings (SSSR count). The number of anilines is 1. The lowest BCUT2D eigenvalue weighted by atomic mass is 9.96. The summed E-state index contributed by atoms with van der Waals surface area (Å²) < 4.78 is 2.13. The first-order valence-corrected chi connectivity index (χ1v) is 19.0. The second kappa shape index (κ2) is 16.8. The minimum absolute atomic E-state index is 0.246.